The van der Waals surface area contributed by atoms with Crippen LogP contribution in [0.2, 0.25) is 0 Å². The van der Waals surface area contributed by atoms with E-state index in [-0.39, 0.29) is 23.7 Å². The van der Waals surface area contributed by atoms with Crippen LogP contribution in [0.15, 0.2) is 0 Å². The van der Waals surface area contributed by atoms with Crippen LogP contribution in [0.5, 0.6) is 0 Å². The van der Waals surface area contributed by atoms with Crippen molar-refractivity contribution in [3.63, 3.8) is 0 Å². The zero-order valence-corrected chi connectivity index (χ0v) is 15.2. The van der Waals surface area contributed by atoms with Gasteiger partial charge in [0.15, 0.2) is 0 Å². The molecule has 0 heterocycles. The molecule has 134 valence electrons. The molecule has 24 heavy (non-hydrogen) atoms. The third kappa shape index (κ3) is 0.732. The summed E-state index contributed by atoms with van der Waals surface area (Å²) >= 11 is 0. The molecule has 9 aliphatic rings. The third-order valence-corrected chi connectivity index (χ3v) is 11.0. The van der Waals surface area contributed by atoms with Crippen LogP contribution in [0.1, 0.15) is 47.5 Å². The predicted molar refractivity (Wildman–Crippen MR) is 86.7 cm³/mol. The molecule has 0 aromatic rings. The second-order valence-corrected chi connectivity index (χ2v) is 10.9. The van der Waals surface area contributed by atoms with E-state index in [1.54, 1.807) is 12.8 Å². The van der Waals surface area contributed by atoms with E-state index in [1.165, 1.54) is 0 Å². The summed E-state index contributed by atoms with van der Waals surface area (Å²) in [5.41, 5.74) is -4.12. The topological polar surface area (TPSA) is 80.9 Å². The van der Waals surface area contributed by atoms with Gasteiger partial charge in [0.1, 0.15) is 22.4 Å². The Morgan fingerprint density at radius 2 is 1.29 bits per heavy atom. The highest BCUT2D eigenvalue weighted by Gasteiger charge is 3.27. The van der Waals surface area contributed by atoms with Crippen molar-refractivity contribution < 1.29 is 20.4 Å². The lowest BCUT2D eigenvalue weighted by atomic mass is 8.89. The maximum Gasteiger partial charge on any atom is 0.109 e. The minimum absolute atomic E-state index is 0.0931. The SMILES string of the molecule is CC(C)C12C3C4(O)C5C(C41O)C2(O)C53O.CC(C)C12CC(C1)C2C. The zero-order chi connectivity index (χ0) is 17.5. The van der Waals surface area contributed by atoms with Crippen LogP contribution in [0.3, 0.4) is 0 Å². The van der Waals surface area contributed by atoms with Crippen molar-refractivity contribution in [2.45, 2.75) is 69.9 Å². The molecule has 9 saturated carbocycles. The van der Waals surface area contributed by atoms with Gasteiger partial charge in [0.25, 0.3) is 0 Å². The molecule has 0 radical (unpaired) electrons. The summed E-state index contributed by atoms with van der Waals surface area (Å²) in [7, 11) is 0. The number of hydrogen-bond donors (Lipinski definition) is 4. The van der Waals surface area contributed by atoms with Crippen molar-refractivity contribution in [3.8, 4) is 0 Å². The molecular formula is C20H30O4. The summed E-state index contributed by atoms with van der Waals surface area (Å²) in [6.07, 6.45) is 3.09. The lowest BCUT2D eigenvalue weighted by Gasteiger charge is -3.16. The molecule has 4 N–H and O–H groups in total. The molecule has 0 spiro atoms. The Morgan fingerprint density at radius 1 is 0.792 bits per heavy atom. The van der Waals surface area contributed by atoms with E-state index in [1.807, 2.05) is 13.8 Å². The summed E-state index contributed by atoms with van der Waals surface area (Å²) in [6, 6.07) is 0. The van der Waals surface area contributed by atoms with E-state index in [0.717, 1.165) is 23.2 Å². The van der Waals surface area contributed by atoms with Crippen LogP contribution < -0.4 is 0 Å². The van der Waals surface area contributed by atoms with Crippen molar-refractivity contribution in [2.24, 2.45) is 52.3 Å². The fourth-order valence-corrected chi connectivity index (χ4v) is 9.82. The molecule has 9 rings (SSSR count). The van der Waals surface area contributed by atoms with Crippen LogP contribution in [0, 0.1) is 52.3 Å². The Bertz CT molecular complexity index is 657. The molecular weight excluding hydrogens is 304 g/mol. The van der Waals surface area contributed by atoms with E-state index >= 15 is 0 Å². The lowest BCUT2D eigenvalue weighted by Crippen LogP contribution is -3.33. The minimum Gasteiger partial charge on any atom is -0.386 e. The summed E-state index contributed by atoms with van der Waals surface area (Å²) in [5.74, 6) is 2.42. The van der Waals surface area contributed by atoms with Gasteiger partial charge >= 0.3 is 0 Å². The molecule has 2 bridgehead atoms. The molecule has 0 aromatic heterocycles. The summed E-state index contributed by atoms with van der Waals surface area (Å²) in [5, 5.41) is 41.4. The molecule has 5 atom stereocenters. The second kappa shape index (κ2) is 3.15. The van der Waals surface area contributed by atoms with Crippen molar-refractivity contribution >= 4 is 0 Å². The third-order valence-electron chi connectivity index (χ3n) is 11.0. The van der Waals surface area contributed by atoms with Gasteiger partial charge in [0.05, 0.1) is 0 Å². The molecule has 4 heteroatoms. The van der Waals surface area contributed by atoms with Crippen LogP contribution >= 0.6 is 0 Å². The average molecular weight is 334 g/mol. The summed E-state index contributed by atoms with van der Waals surface area (Å²) in [4.78, 5) is 0. The molecule has 5 unspecified atom stereocenters. The van der Waals surface area contributed by atoms with Crippen LogP contribution in [-0.2, 0) is 0 Å². The first-order chi connectivity index (χ1) is 11.0. The van der Waals surface area contributed by atoms with Gasteiger partial charge in [-0.25, -0.2) is 0 Å². The van der Waals surface area contributed by atoms with Crippen molar-refractivity contribution in [2.75, 3.05) is 0 Å². The van der Waals surface area contributed by atoms with E-state index in [9.17, 15) is 20.4 Å². The minimum atomic E-state index is -1.09. The van der Waals surface area contributed by atoms with E-state index in [4.69, 9.17) is 0 Å². The molecule has 0 aromatic carbocycles. The fraction of sp³-hybridized carbons (Fsp3) is 1.00. The van der Waals surface area contributed by atoms with E-state index < -0.39 is 27.8 Å². The maximum atomic E-state index is 10.4. The molecule has 9 fully saturated rings. The number of hydrogen-bond acceptors (Lipinski definition) is 4. The van der Waals surface area contributed by atoms with E-state index in [0.29, 0.717) is 0 Å². The maximum absolute atomic E-state index is 10.4. The van der Waals surface area contributed by atoms with Gasteiger partial charge in [0, 0.05) is 23.2 Å². The highest BCUT2D eigenvalue weighted by molar-refractivity contribution is 5.75. The molecule has 0 saturated heterocycles. The normalized spacial score (nSPS) is 75.9. The largest absolute Gasteiger partial charge is 0.386 e. The van der Waals surface area contributed by atoms with Crippen molar-refractivity contribution in [1.29, 1.82) is 0 Å². The molecule has 9 aliphatic carbocycles. The van der Waals surface area contributed by atoms with Crippen LogP contribution in [0.4, 0.5) is 0 Å². The smallest absolute Gasteiger partial charge is 0.109 e. The number of rotatable bonds is 2. The van der Waals surface area contributed by atoms with Crippen molar-refractivity contribution in [1.82, 2.24) is 0 Å². The van der Waals surface area contributed by atoms with Gasteiger partial charge in [-0.1, -0.05) is 34.6 Å². The Labute approximate surface area is 143 Å². The second-order valence-electron chi connectivity index (χ2n) is 10.9. The first-order valence-electron chi connectivity index (χ1n) is 9.86. The molecule has 4 nitrogen and oxygen atoms in total. The van der Waals surface area contributed by atoms with E-state index in [2.05, 4.69) is 20.8 Å². The standard InChI is InChI=1S/C11H14O4.C9H16/c1-3(2)7-6-8(12)4-5(10(7,8)14)11(7,15)9(4,6)13;1-6(2)9-4-8(5-9)7(9)3/h3-6,12-15H,1-2H3;6-8H,4-5H2,1-3H3. The Hall–Kier alpha value is -0.160. The van der Waals surface area contributed by atoms with Crippen LogP contribution in [-0.4, -0.2) is 42.8 Å². The highest BCUT2D eigenvalue weighted by Crippen LogP contribution is 3.11. The van der Waals surface area contributed by atoms with Gasteiger partial charge < -0.3 is 20.4 Å². The number of aliphatic hydroxyl groups is 4. The fourth-order valence-electron chi connectivity index (χ4n) is 9.82. The predicted octanol–water partition coefficient (Wildman–Crippen LogP) is 1.16. The first kappa shape index (κ1) is 15.0. The summed E-state index contributed by atoms with van der Waals surface area (Å²) in [6.45, 7) is 11.1. The summed E-state index contributed by atoms with van der Waals surface area (Å²) < 4.78 is 0. The Balaban J connectivity index is 0.000000115. The Morgan fingerprint density at radius 3 is 1.50 bits per heavy atom. The monoisotopic (exact) mass is 334 g/mol. The quantitative estimate of drug-likeness (QED) is 0.611. The van der Waals surface area contributed by atoms with Gasteiger partial charge in [-0.3, -0.25) is 0 Å². The lowest BCUT2D eigenvalue weighted by molar-refractivity contribution is -0.783. The highest BCUT2D eigenvalue weighted by atomic mass is 16.5. The average Bonchev–Trinajstić information content (AvgIpc) is 2.44. The van der Waals surface area contributed by atoms with Gasteiger partial charge in [-0.15, -0.1) is 0 Å². The first-order valence-corrected chi connectivity index (χ1v) is 9.86. The molecule has 0 aliphatic heterocycles. The zero-order valence-electron chi connectivity index (χ0n) is 15.2. The van der Waals surface area contributed by atoms with Gasteiger partial charge in [0.2, 0.25) is 0 Å². The Kier molecular flexibility index (Phi) is 1.96. The van der Waals surface area contributed by atoms with Gasteiger partial charge in [-0.05, 0) is 41.9 Å². The molecule has 0 amide bonds. The van der Waals surface area contributed by atoms with Gasteiger partial charge in [-0.2, -0.15) is 0 Å². The van der Waals surface area contributed by atoms with Crippen molar-refractivity contribution in [3.05, 3.63) is 0 Å². The van der Waals surface area contributed by atoms with Crippen LogP contribution in [0.25, 0.3) is 0 Å².